The highest BCUT2D eigenvalue weighted by molar-refractivity contribution is 5.72. The van der Waals surface area contributed by atoms with Crippen LogP contribution in [0.4, 0.5) is 5.82 Å². The number of fused-ring (bicyclic) bond motifs is 1. The Morgan fingerprint density at radius 1 is 1.23 bits per heavy atom. The summed E-state index contributed by atoms with van der Waals surface area (Å²) in [5, 5.41) is 3.59. The van der Waals surface area contributed by atoms with Crippen molar-refractivity contribution in [3.63, 3.8) is 0 Å². The first-order valence-electron chi connectivity index (χ1n) is 9.13. The summed E-state index contributed by atoms with van der Waals surface area (Å²) in [5.41, 5.74) is 1.09. The lowest BCUT2D eigenvalue weighted by atomic mass is 10.0. The third-order valence-electron chi connectivity index (χ3n) is 4.74. The van der Waals surface area contributed by atoms with Crippen LogP contribution in [-0.2, 0) is 0 Å². The minimum absolute atomic E-state index is 0.221. The van der Waals surface area contributed by atoms with E-state index >= 15 is 0 Å². The van der Waals surface area contributed by atoms with Crippen LogP contribution in [0.5, 0.6) is 0 Å². The van der Waals surface area contributed by atoms with Crippen LogP contribution < -0.4 is 15.9 Å². The zero-order valence-electron chi connectivity index (χ0n) is 15.1. The van der Waals surface area contributed by atoms with Crippen molar-refractivity contribution < 1.29 is 0 Å². The van der Waals surface area contributed by atoms with Crippen molar-refractivity contribution in [3.05, 3.63) is 47.0 Å². The summed E-state index contributed by atoms with van der Waals surface area (Å²) < 4.78 is 1.58. The second-order valence-corrected chi connectivity index (χ2v) is 7.22. The number of piperazine rings is 1. The minimum Gasteiger partial charge on any atom is -0.354 e. The Bertz CT molecular complexity index is 960. The average Bonchev–Trinajstić information content (AvgIpc) is 2.97. The Labute approximate surface area is 152 Å². The zero-order valence-corrected chi connectivity index (χ0v) is 15.1. The molecule has 0 aromatic carbocycles. The van der Waals surface area contributed by atoms with Gasteiger partial charge in [-0.05, 0) is 36.6 Å². The normalized spacial score (nSPS) is 18.0. The first kappa shape index (κ1) is 16.8. The molecule has 1 atom stereocenters. The lowest BCUT2D eigenvalue weighted by Crippen LogP contribution is -2.51. The van der Waals surface area contributed by atoms with E-state index in [0.29, 0.717) is 23.4 Å². The predicted molar refractivity (Wildman–Crippen MR) is 103 cm³/mol. The van der Waals surface area contributed by atoms with Gasteiger partial charge in [0.25, 0.3) is 0 Å². The van der Waals surface area contributed by atoms with Crippen LogP contribution >= 0.6 is 0 Å². The van der Waals surface area contributed by atoms with Gasteiger partial charge in [-0.1, -0.05) is 19.9 Å². The molecule has 7 nitrogen and oxygen atoms in total. The molecule has 0 spiro atoms. The summed E-state index contributed by atoms with van der Waals surface area (Å²) in [6.07, 6.45) is 2.81. The van der Waals surface area contributed by atoms with Crippen molar-refractivity contribution in [2.45, 2.75) is 26.3 Å². The summed E-state index contributed by atoms with van der Waals surface area (Å²) in [6, 6.07) is 9.99. The fraction of sp³-hybridized carbons (Fsp3) is 0.421. The van der Waals surface area contributed by atoms with Crippen LogP contribution in [-0.4, -0.2) is 45.2 Å². The molecule has 0 aliphatic carbocycles. The highest BCUT2D eigenvalue weighted by Crippen LogP contribution is 2.19. The van der Waals surface area contributed by atoms with Gasteiger partial charge in [0.2, 0.25) is 0 Å². The third kappa shape index (κ3) is 3.22. The van der Waals surface area contributed by atoms with Gasteiger partial charge in [0.1, 0.15) is 11.6 Å². The van der Waals surface area contributed by atoms with Gasteiger partial charge in [0, 0.05) is 31.9 Å². The van der Waals surface area contributed by atoms with Gasteiger partial charge in [-0.15, -0.1) is 0 Å². The maximum Gasteiger partial charge on any atom is 0.333 e. The molecule has 0 saturated carbocycles. The predicted octanol–water partition coefficient (Wildman–Crippen LogP) is 1.93. The van der Waals surface area contributed by atoms with Gasteiger partial charge < -0.3 is 10.2 Å². The number of H-pyrrole nitrogens is 1. The molecule has 4 rings (SSSR count). The van der Waals surface area contributed by atoms with Gasteiger partial charge >= 0.3 is 5.69 Å². The topological polar surface area (TPSA) is 78.8 Å². The Morgan fingerprint density at radius 2 is 2.08 bits per heavy atom. The summed E-state index contributed by atoms with van der Waals surface area (Å²) in [7, 11) is 0. The molecule has 4 heterocycles. The van der Waals surface area contributed by atoms with Crippen LogP contribution in [0.2, 0.25) is 0 Å². The Balaban J connectivity index is 1.66. The van der Waals surface area contributed by atoms with E-state index in [-0.39, 0.29) is 5.69 Å². The maximum absolute atomic E-state index is 12.4. The number of aromatic amines is 1. The van der Waals surface area contributed by atoms with E-state index in [1.807, 2.05) is 30.3 Å². The molecular weight excluding hydrogens is 328 g/mol. The van der Waals surface area contributed by atoms with Crippen LogP contribution in [0.3, 0.4) is 0 Å². The molecule has 1 saturated heterocycles. The lowest BCUT2D eigenvalue weighted by Gasteiger charge is -2.35. The molecule has 0 bridgehead atoms. The fourth-order valence-electron chi connectivity index (χ4n) is 3.64. The molecule has 0 amide bonds. The number of hydrogen-bond acceptors (Lipinski definition) is 5. The second kappa shape index (κ2) is 6.92. The number of imidazole rings is 1. The Morgan fingerprint density at radius 3 is 2.92 bits per heavy atom. The molecule has 136 valence electrons. The SMILES string of the molecule is CC(C)CC1CN(c2cccc(-n3c(=O)[nH]c4ncccc43)n2)CCN1. The summed E-state index contributed by atoms with van der Waals surface area (Å²) in [5.74, 6) is 2.18. The molecule has 7 heteroatoms. The lowest BCUT2D eigenvalue weighted by molar-refractivity contribution is 0.387. The van der Waals surface area contributed by atoms with Crippen LogP contribution in [0, 0.1) is 5.92 Å². The van der Waals surface area contributed by atoms with Crippen molar-refractivity contribution in [3.8, 4) is 5.82 Å². The van der Waals surface area contributed by atoms with E-state index in [1.165, 1.54) is 0 Å². The molecule has 1 unspecified atom stereocenters. The first-order valence-corrected chi connectivity index (χ1v) is 9.13. The van der Waals surface area contributed by atoms with Gasteiger partial charge in [-0.2, -0.15) is 0 Å². The van der Waals surface area contributed by atoms with Crippen molar-refractivity contribution in [2.75, 3.05) is 24.5 Å². The number of pyridine rings is 2. The number of aromatic nitrogens is 4. The van der Waals surface area contributed by atoms with Gasteiger partial charge in [-0.3, -0.25) is 4.98 Å². The average molecular weight is 352 g/mol. The Hall–Kier alpha value is -2.67. The van der Waals surface area contributed by atoms with E-state index in [2.05, 4.69) is 34.0 Å². The number of hydrogen-bond donors (Lipinski definition) is 2. The van der Waals surface area contributed by atoms with E-state index in [9.17, 15) is 4.79 Å². The first-order chi connectivity index (χ1) is 12.6. The van der Waals surface area contributed by atoms with Crippen LogP contribution in [0.15, 0.2) is 41.3 Å². The molecule has 2 N–H and O–H groups in total. The van der Waals surface area contributed by atoms with E-state index in [0.717, 1.165) is 37.4 Å². The molecule has 1 aliphatic heterocycles. The molecule has 3 aromatic heterocycles. The third-order valence-corrected chi connectivity index (χ3v) is 4.74. The number of nitrogens with one attached hydrogen (secondary N) is 2. The monoisotopic (exact) mass is 352 g/mol. The molecule has 1 fully saturated rings. The highest BCUT2D eigenvalue weighted by atomic mass is 16.1. The zero-order chi connectivity index (χ0) is 18.1. The molecule has 1 aliphatic rings. The number of rotatable bonds is 4. The maximum atomic E-state index is 12.4. The molecule has 0 radical (unpaired) electrons. The van der Waals surface area contributed by atoms with Crippen molar-refractivity contribution in [1.29, 1.82) is 0 Å². The Kier molecular flexibility index (Phi) is 4.46. The fourth-order valence-corrected chi connectivity index (χ4v) is 3.64. The minimum atomic E-state index is -0.221. The van der Waals surface area contributed by atoms with Gasteiger partial charge in [0.05, 0.1) is 5.52 Å². The molecule has 3 aromatic rings. The standard InChI is InChI=1S/C19H24N6O/c1-13(2)11-14-12-24(10-9-20-14)16-6-3-7-17(22-16)25-15-5-4-8-21-18(15)23-19(25)26/h3-8,13-14,20H,9-12H2,1-2H3,(H,21,23,26). The quantitative estimate of drug-likeness (QED) is 0.750. The van der Waals surface area contributed by atoms with E-state index in [4.69, 9.17) is 4.98 Å². The number of anilines is 1. The van der Waals surface area contributed by atoms with E-state index < -0.39 is 0 Å². The summed E-state index contributed by atoms with van der Waals surface area (Å²) in [4.78, 5) is 26.5. The smallest absolute Gasteiger partial charge is 0.333 e. The second-order valence-electron chi connectivity index (χ2n) is 7.22. The van der Waals surface area contributed by atoms with Crippen LogP contribution in [0.25, 0.3) is 17.0 Å². The number of nitrogens with zero attached hydrogens (tertiary/aromatic N) is 4. The van der Waals surface area contributed by atoms with E-state index in [1.54, 1.807) is 10.8 Å². The van der Waals surface area contributed by atoms with Crippen LogP contribution in [0.1, 0.15) is 20.3 Å². The van der Waals surface area contributed by atoms with Gasteiger partial charge in [0.15, 0.2) is 5.65 Å². The van der Waals surface area contributed by atoms with Crippen molar-refractivity contribution in [1.82, 2.24) is 24.8 Å². The summed E-state index contributed by atoms with van der Waals surface area (Å²) >= 11 is 0. The van der Waals surface area contributed by atoms with Crippen molar-refractivity contribution >= 4 is 17.0 Å². The van der Waals surface area contributed by atoms with Crippen molar-refractivity contribution in [2.24, 2.45) is 5.92 Å². The highest BCUT2D eigenvalue weighted by Gasteiger charge is 2.21. The summed E-state index contributed by atoms with van der Waals surface area (Å²) in [6.45, 7) is 7.28. The van der Waals surface area contributed by atoms with Gasteiger partial charge in [-0.25, -0.2) is 19.3 Å². The molecule has 26 heavy (non-hydrogen) atoms. The largest absolute Gasteiger partial charge is 0.354 e. The molecular formula is C19H24N6O.